The van der Waals surface area contributed by atoms with Gasteiger partial charge in [-0.15, -0.1) is 0 Å². The lowest BCUT2D eigenvalue weighted by Gasteiger charge is -2.38. The summed E-state index contributed by atoms with van der Waals surface area (Å²) >= 11 is 7.07. The third-order valence-electron chi connectivity index (χ3n) is 7.47. The summed E-state index contributed by atoms with van der Waals surface area (Å²) < 4.78 is 2.15. The van der Waals surface area contributed by atoms with E-state index in [9.17, 15) is 0 Å². The molecule has 34 heavy (non-hydrogen) atoms. The first kappa shape index (κ1) is 23.6. The van der Waals surface area contributed by atoms with Crippen LogP contribution in [0, 0.1) is 0 Å². The number of pyridine rings is 2. The average molecular weight is 481 g/mol. The number of fused-ring (bicyclic) bond motifs is 2. The summed E-state index contributed by atoms with van der Waals surface area (Å²) in [6.07, 6.45) is 6.50. The van der Waals surface area contributed by atoms with Gasteiger partial charge in [0.05, 0.1) is 17.4 Å². The van der Waals surface area contributed by atoms with Gasteiger partial charge in [0.2, 0.25) is 0 Å². The predicted octanol–water partition coefficient (Wildman–Crippen LogP) is 5.20. The second kappa shape index (κ2) is 10.2. The molecule has 1 atom stereocenters. The van der Waals surface area contributed by atoms with Crippen LogP contribution in [0.3, 0.4) is 0 Å². The molecule has 1 unspecified atom stereocenters. The maximum atomic E-state index is 7.07. The Labute approximate surface area is 208 Å². The number of imidazole rings is 1. The van der Waals surface area contributed by atoms with Gasteiger partial charge < -0.3 is 4.90 Å². The normalized spacial score (nSPS) is 19.4. The molecule has 7 heteroatoms. The van der Waals surface area contributed by atoms with Crippen molar-refractivity contribution in [3.05, 3.63) is 58.6 Å². The summed E-state index contributed by atoms with van der Waals surface area (Å²) in [5.41, 5.74) is 4.53. The van der Waals surface area contributed by atoms with Crippen LogP contribution in [0.2, 0.25) is 5.15 Å². The van der Waals surface area contributed by atoms with Gasteiger partial charge in [0.15, 0.2) is 0 Å². The number of piperazine rings is 1. The molecule has 1 aliphatic heterocycles. The van der Waals surface area contributed by atoms with E-state index in [0.717, 1.165) is 80.8 Å². The van der Waals surface area contributed by atoms with Gasteiger partial charge in [0.1, 0.15) is 16.6 Å². The first-order chi connectivity index (χ1) is 16.6. The molecule has 5 rings (SSSR count). The largest absolute Gasteiger partial charge is 0.355 e. The molecule has 4 heterocycles. The Morgan fingerprint density at radius 1 is 1.12 bits per heavy atom. The van der Waals surface area contributed by atoms with Crippen molar-refractivity contribution in [1.29, 1.82) is 0 Å². The Bertz CT molecular complexity index is 1120. The maximum Gasteiger partial charge on any atom is 0.139 e. The third-order valence-corrected chi connectivity index (χ3v) is 7.86. The van der Waals surface area contributed by atoms with Crippen molar-refractivity contribution in [2.75, 3.05) is 37.6 Å². The predicted molar refractivity (Wildman–Crippen MR) is 140 cm³/mol. The molecular weight excluding hydrogens is 444 g/mol. The highest BCUT2D eigenvalue weighted by Gasteiger charge is 2.29. The van der Waals surface area contributed by atoms with Crippen molar-refractivity contribution in [1.82, 2.24) is 24.2 Å². The lowest BCUT2D eigenvalue weighted by Crippen LogP contribution is -2.49. The fourth-order valence-electron chi connectivity index (χ4n) is 5.67. The van der Waals surface area contributed by atoms with Crippen molar-refractivity contribution < 1.29 is 0 Å². The minimum atomic E-state index is 0.328. The van der Waals surface area contributed by atoms with Crippen molar-refractivity contribution in [3.8, 4) is 0 Å². The molecule has 0 aromatic carbocycles. The number of anilines is 1. The molecule has 0 saturated carbocycles. The van der Waals surface area contributed by atoms with Crippen molar-refractivity contribution >= 4 is 23.1 Å². The lowest BCUT2D eigenvalue weighted by molar-refractivity contribution is 0.164. The number of aromatic nitrogens is 3. The molecule has 0 bridgehead atoms. The molecule has 0 amide bonds. The second-order valence-corrected chi connectivity index (χ2v) is 10.3. The van der Waals surface area contributed by atoms with Crippen LogP contribution in [0.5, 0.6) is 0 Å². The molecule has 182 valence electrons. The highest BCUT2D eigenvalue weighted by molar-refractivity contribution is 6.30. The van der Waals surface area contributed by atoms with Crippen LogP contribution in [-0.4, -0.2) is 62.9 Å². The number of halogens is 1. The monoisotopic (exact) mass is 480 g/mol. The molecule has 2 aliphatic rings. The van der Waals surface area contributed by atoms with Gasteiger partial charge in [0.25, 0.3) is 0 Å². The maximum absolute atomic E-state index is 7.07. The minimum absolute atomic E-state index is 0.328. The zero-order valence-corrected chi connectivity index (χ0v) is 21.5. The number of hydrogen-bond donors (Lipinski definition) is 0. The van der Waals surface area contributed by atoms with Crippen LogP contribution in [0.4, 0.5) is 5.82 Å². The zero-order chi connectivity index (χ0) is 23.7. The van der Waals surface area contributed by atoms with Gasteiger partial charge in [-0.3, -0.25) is 19.2 Å². The smallest absolute Gasteiger partial charge is 0.139 e. The summed E-state index contributed by atoms with van der Waals surface area (Å²) in [6, 6.07) is 11.6. The standard InChI is InChI=1S/C27H37ClN6/c1-4-14-33(23-10-5-8-21-9-7-13-29-26(21)23)19-22-27(28)34-24(30-22)11-6-12-25(34)32-17-15-31(16-18-32)20(2)3/h6-7,9,11-13,20,23H,4-5,8,10,14-19H2,1-3H3. The molecule has 0 radical (unpaired) electrons. The zero-order valence-electron chi connectivity index (χ0n) is 20.8. The Morgan fingerprint density at radius 2 is 1.94 bits per heavy atom. The van der Waals surface area contributed by atoms with E-state index in [1.54, 1.807) is 0 Å². The van der Waals surface area contributed by atoms with E-state index in [1.165, 1.54) is 17.7 Å². The van der Waals surface area contributed by atoms with E-state index in [0.29, 0.717) is 12.1 Å². The van der Waals surface area contributed by atoms with E-state index in [-0.39, 0.29) is 0 Å². The summed E-state index contributed by atoms with van der Waals surface area (Å²) in [4.78, 5) is 17.3. The van der Waals surface area contributed by atoms with Crippen molar-refractivity contribution in [2.24, 2.45) is 0 Å². The van der Waals surface area contributed by atoms with Gasteiger partial charge in [-0.2, -0.15) is 0 Å². The van der Waals surface area contributed by atoms with E-state index in [4.69, 9.17) is 21.6 Å². The highest BCUT2D eigenvalue weighted by Crippen LogP contribution is 2.35. The SMILES string of the molecule is CCCN(Cc1nc2cccc(N3CCN(C(C)C)CC3)n2c1Cl)C1CCCc2cccnc21. The molecule has 6 nitrogen and oxygen atoms in total. The number of nitrogens with zero attached hydrogens (tertiary/aromatic N) is 6. The Morgan fingerprint density at radius 3 is 2.71 bits per heavy atom. The van der Waals surface area contributed by atoms with Gasteiger partial charge in [-0.05, 0) is 69.8 Å². The molecule has 1 fully saturated rings. The van der Waals surface area contributed by atoms with Crippen LogP contribution in [0.15, 0.2) is 36.5 Å². The number of aryl methyl sites for hydroxylation is 1. The van der Waals surface area contributed by atoms with Crippen LogP contribution in [0.25, 0.3) is 5.65 Å². The van der Waals surface area contributed by atoms with Crippen LogP contribution in [-0.2, 0) is 13.0 Å². The Kier molecular flexibility index (Phi) is 7.09. The van der Waals surface area contributed by atoms with Gasteiger partial charge in [-0.25, -0.2) is 4.98 Å². The Balaban J connectivity index is 1.43. The van der Waals surface area contributed by atoms with Gasteiger partial charge in [0, 0.05) is 45.0 Å². The Hall–Kier alpha value is -2.15. The first-order valence-electron chi connectivity index (χ1n) is 12.9. The molecule has 3 aromatic rings. The quantitative estimate of drug-likeness (QED) is 0.464. The lowest BCUT2D eigenvalue weighted by atomic mass is 9.90. The van der Waals surface area contributed by atoms with Crippen molar-refractivity contribution in [3.63, 3.8) is 0 Å². The molecule has 3 aromatic heterocycles. The second-order valence-electron chi connectivity index (χ2n) is 9.97. The third kappa shape index (κ3) is 4.56. The summed E-state index contributed by atoms with van der Waals surface area (Å²) in [6.45, 7) is 12.7. The fraction of sp³-hybridized carbons (Fsp3) is 0.556. The van der Waals surface area contributed by atoms with Crippen molar-refractivity contribution in [2.45, 2.75) is 65.1 Å². The highest BCUT2D eigenvalue weighted by atomic mass is 35.5. The molecule has 0 spiro atoms. The topological polar surface area (TPSA) is 39.9 Å². The van der Waals surface area contributed by atoms with Crippen LogP contribution < -0.4 is 4.90 Å². The number of hydrogen-bond acceptors (Lipinski definition) is 5. The van der Waals surface area contributed by atoms with E-state index < -0.39 is 0 Å². The van der Waals surface area contributed by atoms with Crippen LogP contribution in [0.1, 0.15) is 63.0 Å². The van der Waals surface area contributed by atoms with E-state index in [2.05, 4.69) is 70.2 Å². The molecule has 0 N–H and O–H groups in total. The summed E-state index contributed by atoms with van der Waals surface area (Å²) in [7, 11) is 0. The van der Waals surface area contributed by atoms with E-state index >= 15 is 0 Å². The molecule has 1 saturated heterocycles. The molecular formula is C27H37ClN6. The first-order valence-corrected chi connectivity index (χ1v) is 13.3. The molecule has 1 aliphatic carbocycles. The van der Waals surface area contributed by atoms with Gasteiger partial charge in [-0.1, -0.05) is 30.7 Å². The summed E-state index contributed by atoms with van der Waals surface area (Å²) in [5, 5.41) is 0.745. The van der Waals surface area contributed by atoms with E-state index in [1.807, 2.05) is 6.20 Å². The summed E-state index contributed by atoms with van der Waals surface area (Å²) in [5.74, 6) is 1.15. The van der Waals surface area contributed by atoms with Crippen LogP contribution >= 0.6 is 11.6 Å². The minimum Gasteiger partial charge on any atom is -0.355 e. The number of rotatable bonds is 7. The fourth-order valence-corrected chi connectivity index (χ4v) is 5.94. The van der Waals surface area contributed by atoms with Gasteiger partial charge >= 0.3 is 0 Å². The average Bonchev–Trinajstić information content (AvgIpc) is 3.18.